The van der Waals surface area contributed by atoms with Crippen LogP contribution in [0.3, 0.4) is 0 Å². The van der Waals surface area contributed by atoms with Gasteiger partial charge in [0.2, 0.25) is 5.91 Å². The van der Waals surface area contributed by atoms with Crippen LogP contribution in [-0.2, 0) is 4.79 Å². The lowest BCUT2D eigenvalue weighted by Crippen LogP contribution is -2.56. The minimum absolute atomic E-state index is 0. The van der Waals surface area contributed by atoms with Gasteiger partial charge in [-0.25, -0.2) is 4.98 Å². The van der Waals surface area contributed by atoms with Gasteiger partial charge in [0.25, 0.3) is 0 Å². The normalized spacial score (nSPS) is 20.9. The van der Waals surface area contributed by atoms with Gasteiger partial charge in [-0.1, -0.05) is 19.3 Å². The number of rotatable bonds is 2. The van der Waals surface area contributed by atoms with E-state index in [1.54, 1.807) is 11.3 Å². The van der Waals surface area contributed by atoms with Gasteiger partial charge in [0, 0.05) is 37.8 Å². The van der Waals surface area contributed by atoms with Gasteiger partial charge in [0.05, 0.1) is 5.54 Å². The van der Waals surface area contributed by atoms with Crippen LogP contribution in [0.2, 0.25) is 0 Å². The van der Waals surface area contributed by atoms with Gasteiger partial charge in [-0.2, -0.15) is 0 Å². The van der Waals surface area contributed by atoms with Crippen LogP contribution in [-0.4, -0.2) is 47.5 Å². The zero-order valence-electron chi connectivity index (χ0n) is 13.3. The van der Waals surface area contributed by atoms with E-state index < -0.39 is 5.54 Å². The third-order valence-electron chi connectivity index (χ3n) is 4.64. The van der Waals surface area contributed by atoms with E-state index in [2.05, 4.69) is 9.88 Å². The highest BCUT2D eigenvalue weighted by atomic mass is 35.5. The van der Waals surface area contributed by atoms with Gasteiger partial charge >= 0.3 is 0 Å². The van der Waals surface area contributed by atoms with Gasteiger partial charge in [-0.05, 0) is 19.3 Å². The molecule has 0 radical (unpaired) electrons. The van der Waals surface area contributed by atoms with E-state index in [1.165, 1.54) is 6.42 Å². The number of halogens is 2. The molecule has 0 spiro atoms. The van der Waals surface area contributed by atoms with Crippen LogP contribution in [0.25, 0.3) is 0 Å². The summed E-state index contributed by atoms with van der Waals surface area (Å²) in [7, 11) is 0. The second kappa shape index (κ2) is 9.06. The monoisotopic (exact) mass is 380 g/mol. The highest BCUT2D eigenvalue weighted by Gasteiger charge is 2.38. The molecule has 1 saturated heterocycles. The van der Waals surface area contributed by atoms with Gasteiger partial charge in [0.15, 0.2) is 5.13 Å². The van der Waals surface area contributed by atoms with Crippen LogP contribution < -0.4 is 10.6 Å². The SMILES string of the molecule is Cl.Cl.NC1(C(=O)N2CCCN(c3nccs3)CC2)CCCCC1. The second-order valence-electron chi connectivity index (χ2n) is 6.16. The smallest absolute Gasteiger partial charge is 0.242 e. The molecule has 1 saturated carbocycles. The number of nitrogens with zero attached hydrogens (tertiary/aromatic N) is 3. The first-order valence-electron chi connectivity index (χ1n) is 7.92. The van der Waals surface area contributed by atoms with Gasteiger partial charge in [-0.3, -0.25) is 4.79 Å². The predicted molar refractivity (Wildman–Crippen MR) is 100 cm³/mol. The summed E-state index contributed by atoms with van der Waals surface area (Å²) < 4.78 is 0. The molecule has 1 aromatic heterocycles. The Morgan fingerprint density at radius 1 is 1.09 bits per heavy atom. The van der Waals surface area contributed by atoms with Crippen molar-refractivity contribution in [2.45, 2.75) is 44.1 Å². The topological polar surface area (TPSA) is 62.5 Å². The molecule has 132 valence electrons. The van der Waals surface area contributed by atoms with E-state index in [-0.39, 0.29) is 30.7 Å². The lowest BCUT2D eigenvalue weighted by Gasteiger charge is -2.36. The summed E-state index contributed by atoms with van der Waals surface area (Å²) in [4.78, 5) is 21.4. The summed E-state index contributed by atoms with van der Waals surface area (Å²) in [6, 6.07) is 0. The molecule has 0 atom stereocenters. The maximum absolute atomic E-state index is 12.8. The summed E-state index contributed by atoms with van der Waals surface area (Å²) in [5.74, 6) is 0.170. The number of carbonyl (C=O) groups is 1. The Kier molecular flexibility index (Phi) is 8.07. The van der Waals surface area contributed by atoms with Crippen molar-refractivity contribution in [3.63, 3.8) is 0 Å². The van der Waals surface area contributed by atoms with Crippen molar-refractivity contribution in [3.8, 4) is 0 Å². The molecule has 1 aliphatic heterocycles. The van der Waals surface area contributed by atoms with E-state index in [0.29, 0.717) is 0 Å². The van der Waals surface area contributed by atoms with Crippen molar-refractivity contribution >= 4 is 47.2 Å². The molecule has 0 bridgehead atoms. The van der Waals surface area contributed by atoms with Crippen LogP contribution in [0.1, 0.15) is 38.5 Å². The Balaban J connectivity index is 0.00000132. The summed E-state index contributed by atoms with van der Waals surface area (Å²) in [6.45, 7) is 3.40. The lowest BCUT2D eigenvalue weighted by atomic mass is 9.81. The minimum Gasteiger partial charge on any atom is -0.346 e. The average molecular weight is 381 g/mol. The molecule has 2 aliphatic rings. The zero-order valence-corrected chi connectivity index (χ0v) is 15.7. The van der Waals surface area contributed by atoms with E-state index in [0.717, 1.165) is 63.4 Å². The number of aromatic nitrogens is 1. The number of carbonyl (C=O) groups excluding carboxylic acids is 1. The Bertz CT molecular complexity index is 480. The Morgan fingerprint density at radius 3 is 2.48 bits per heavy atom. The molecule has 2 fully saturated rings. The molecule has 5 nitrogen and oxygen atoms in total. The second-order valence-corrected chi connectivity index (χ2v) is 7.04. The predicted octanol–water partition coefficient (Wildman–Crippen LogP) is 2.69. The largest absolute Gasteiger partial charge is 0.346 e. The molecular formula is C15H26Cl2N4OS. The fourth-order valence-electron chi connectivity index (χ4n) is 3.40. The minimum atomic E-state index is -0.603. The van der Waals surface area contributed by atoms with E-state index >= 15 is 0 Å². The number of hydrogen-bond acceptors (Lipinski definition) is 5. The van der Waals surface area contributed by atoms with Gasteiger partial charge < -0.3 is 15.5 Å². The van der Waals surface area contributed by atoms with Crippen molar-refractivity contribution in [2.24, 2.45) is 5.73 Å². The quantitative estimate of drug-likeness (QED) is 0.856. The molecule has 0 unspecified atom stereocenters. The molecule has 0 aromatic carbocycles. The number of amides is 1. The Morgan fingerprint density at radius 2 is 1.83 bits per heavy atom. The first kappa shape index (κ1) is 20.5. The van der Waals surface area contributed by atoms with E-state index in [4.69, 9.17) is 5.73 Å². The van der Waals surface area contributed by atoms with Gasteiger partial charge in [-0.15, -0.1) is 36.2 Å². The molecular weight excluding hydrogens is 355 g/mol. The summed E-state index contributed by atoms with van der Waals surface area (Å²) >= 11 is 1.66. The van der Waals surface area contributed by atoms with Crippen molar-refractivity contribution in [3.05, 3.63) is 11.6 Å². The van der Waals surface area contributed by atoms with Crippen molar-refractivity contribution in [2.75, 3.05) is 31.1 Å². The van der Waals surface area contributed by atoms with Crippen molar-refractivity contribution in [1.29, 1.82) is 0 Å². The molecule has 2 heterocycles. The van der Waals surface area contributed by atoms with Gasteiger partial charge in [0.1, 0.15) is 0 Å². The van der Waals surface area contributed by atoms with Crippen LogP contribution in [0, 0.1) is 0 Å². The highest BCUT2D eigenvalue weighted by molar-refractivity contribution is 7.13. The van der Waals surface area contributed by atoms with Crippen LogP contribution in [0.15, 0.2) is 11.6 Å². The maximum Gasteiger partial charge on any atom is 0.242 e. The standard InChI is InChI=1S/C15H24N4OS.2ClH/c16-15(5-2-1-3-6-15)13(20)18-8-4-9-19(11-10-18)14-17-7-12-21-14;;/h7,12H,1-6,8-11,16H2;2*1H. The molecule has 1 aromatic rings. The summed E-state index contributed by atoms with van der Waals surface area (Å²) in [5, 5.41) is 3.06. The fourth-order valence-corrected chi connectivity index (χ4v) is 4.09. The third kappa shape index (κ3) is 4.72. The summed E-state index contributed by atoms with van der Waals surface area (Å²) in [5.41, 5.74) is 5.80. The van der Waals surface area contributed by atoms with Crippen molar-refractivity contribution in [1.82, 2.24) is 9.88 Å². The maximum atomic E-state index is 12.8. The molecule has 23 heavy (non-hydrogen) atoms. The molecule has 3 rings (SSSR count). The van der Waals surface area contributed by atoms with Crippen LogP contribution in [0.5, 0.6) is 0 Å². The van der Waals surface area contributed by atoms with Crippen LogP contribution in [0.4, 0.5) is 5.13 Å². The Labute approximate surface area is 154 Å². The highest BCUT2D eigenvalue weighted by Crippen LogP contribution is 2.28. The average Bonchev–Trinajstić information content (AvgIpc) is 2.92. The number of anilines is 1. The summed E-state index contributed by atoms with van der Waals surface area (Å²) in [6.07, 6.45) is 7.90. The molecule has 1 aliphatic carbocycles. The molecule has 8 heteroatoms. The first-order valence-corrected chi connectivity index (χ1v) is 8.80. The lowest BCUT2D eigenvalue weighted by molar-refractivity contribution is -0.138. The van der Waals surface area contributed by atoms with Crippen LogP contribution >= 0.6 is 36.2 Å². The molecule has 1 amide bonds. The van der Waals surface area contributed by atoms with Crippen molar-refractivity contribution < 1.29 is 4.79 Å². The fraction of sp³-hybridized carbons (Fsp3) is 0.733. The van der Waals surface area contributed by atoms with E-state index in [1.807, 2.05) is 16.5 Å². The number of nitrogens with two attached hydrogens (primary N) is 1. The first-order chi connectivity index (χ1) is 10.2. The Hall–Kier alpha value is -0.560. The third-order valence-corrected chi connectivity index (χ3v) is 5.48. The number of thiazole rings is 1. The number of hydrogen-bond donors (Lipinski definition) is 1. The zero-order chi connectivity index (χ0) is 14.7. The molecule has 2 N–H and O–H groups in total. The van der Waals surface area contributed by atoms with E-state index in [9.17, 15) is 4.79 Å².